The summed E-state index contributed by atoms with van der Waals surface area (Å²) in [6.07, 6.45) is -5.10. The number of rotatable bonds is 5. The summed E-state index contributed by atoms with van der Waals surface area (Å²) in [4.78, 5) is 7.90. The van der Waals surface area contributed by atoms with Crippen LogP contribution in [0, 0.1) is 6.92 Å². The lowest BCUT2D eigenvalue weighted by molar-refractivity contribution is -0.131. The smallest absolute Gasteiger partial charge is 0.390 e. The van der Waals surface area contributed by atoms with Crippen LogP contribution in [0.2, 0.25) is 0 Å². The Hall–Kier alpha value is -1.53. The quantitative estimate of drug-likeness (QED) is 0.871. The van der Waals surface area contributed by atoms with E-state index >= 15 is 0 Å². The van der Waals surface area contributed by atoms with Crippen molar-refractivity contribution in [2.24, 2.45) is 0 Å². The van der Waals surface area contributed by atoms with Crippen molar-refractivity contribution in [1.29, 1.82) is 0 Å². The van der Waals surface area contributed by atoms with Crippen LogP contribution in [0.25, 0.3) is 0 Å². The lowest BCUT2D eigenvalue weighted by atomic mass is 10.4. The number of nitrogens with one attached hydrogen (secondary N) is 1. The van der Waals surface area contributed by atoms with Gasteiger partial charge in [-0.15, -0.1) is 0 Å². The molecule has 0 bridgehead atoms. The number of alkyl halides is 3. The highest BCUT2D eigenvalue weighted by molar-refractivity contribution is 5.30. The predicted octanol–water partition coefficient (Wildman–Crippen LogP) is 2.55. The van der Waals surface area contributed by atoms with E-state index in [0.29, 0.717) is 18.2 Å². The molecule has 0 saturated carbocycles. The van der Waals surface area contributed by atoms with Crippen LogP contribution in [0.1, 0.15) is 19.0 Å². The average molecular weight is 249 g/mol. The number of hydrogen-bond acceptors (Lipinski definition) is 4. The maximum atomic E-state index is 11.9. The summed E-state index contributed by atoms with van der Waals surface area (Å²) >= 11 is 0. The number of halogens is 3. The number of hydrogen-bond donors (Lipinski definition) is 1. The number of aryl methyl sites for hydroxylation is 1. The standard InChI is InChI=1S/C10H14F3N3O/c1-3-17-8-6-7(2)15-9(16-8)14-5-4-10(11,12)13/h6H,3-5H2,1-2H3,(H,14,15,16). The molecule has 7 heteroatoms. The lowest BCUT2D eigenvalue weighted by Crippen LogP contribution is -2.16. The van der Waals surface area contributed by atoms with E-state index in [9.17, 15) is 13.2 Å². The van der Waals surface area contributed by atoms with E-state index in [-0.39, 0.29) is 12.5 Å². The Kier molecular flexibility index (Phi) is 4.53. The van der Waals surface area contributed by atoms with Crippen molar-refractivity contribution in [3.8, 4) is 5.88 Å². The zero-order chi connectivity index (χ0) is 12.9. The van der Waals surface area contributed by atoms with Crippen LogP contribution in [0.15, 0.2) is 6.07 Å². The summed E-state index contributed by atoms with van der Waals surface area (Å²) in [7, 11) is 0. The van der Waals surface area contributed by atoms with Crippen molar-refractivity contribution in [1.82, 2.24) is 9.97 Å². The Morgan fingerprint density at radius 2 is 2.06 bits per heavy atom. The first-order valence-corrected chi connectivity index (χ1v) is 5.20. The molecule has 0 radical (unpaired) electrons. The number of anilines is 1. The molecule has 0 atom stereocenters. The van der Waals surface area contributed by atoms with Crippen LogP contribution in [-0.2, 0) is 0 Å². The fraction of sp³-hybridized carbons (Fsp3) is 0.600. The minimum atomic E-state index is -4.18. The number of ether oxygens (including phenoxy) is 1. The molecule has 96 valence electrons. The molecule has 1 aromatic heterocycles. The summed E-state index contributed by atoms with van der Waals surface area (Å²) in [5, 5.41) is 2.52. The predicted molar refractivity (Wildman–Crippen MR) is 57.1 cm³/mol. The van der Waals surface area contributed by atoms with Crippen LogP contribution < -0.4 is 10.1 Å². The Labute approximate surface area is 97.2 Å². The topological polar surface area (TPSA) is 47.0 Å². The largest absolute Gasteiger partial charge is 0.478 e. The minimum Gasteiger partial charge on any atom is -0.478 e. The Bertz CT molecular complexity index is 368. The molecule has 0 aliphatic carbocycles. The van der Waals surface area contributed by atoms with Gasteiger partial charge in [-0.3, -0.25) is 0 Å². The fourth-order valence-electron chi connectivity index (χ4n) is 1.16. The summed E-state index contributed by atoms with van der Waals surface area (Å²) < 4.78 is 41.0. The van der Waals surface area contributed by atoms with Gasteiger partial charge in [0.15, 0.2) is 0 Å². The van der Waals surface area contributed by atoms with Gasteiger partial charge >= 0.3 is 6.18 Å². The molecule has 4 nitrogen and oxygen atoms in total. The van der Waals surface area contributed by atoms with Crippen LogP contribution >= 0.6 is 0 Å². The average Bonchev–Trinajstić information content (AvgIpc) is 2.15. The molecule has 0 unspecified atom stereocenters. The highest BCUT2D eigenvalue weighted by Gasteiger charge is 2.26. The van der Waals surface area contributed by atoms with Crippen LogP contribution in [0.5, 0.6) is 5.88 Å². The minimum absolute atomic E-state index is 0.151. The van der Waals surface area contributed by atoms with Gasteiger partial charge in [0.2, 0.25) is 11.8 Å². The van der Waals surface area contributed by atoms with Crippen molar-refractivity contribution in [2.75, 3.05) is 18.5 Å². The molecule has 0 spiro atoms. The second-order valence-corrected chi connectivity index (χ2v) is 3.40. The third-order valence-corrected chi connectivity index (χ3v) is 1.81. The van der Waals surface area contributed by atoms with Gasteiger partial charge in [-0.25, -0.2) is 4.98 Å². The van der Waals surface area contributed by atoms with Crippen LogP contribution in [-0.4, -0.2) is 29.3 Å². The summed E-state index contributed by atoms with van der Waals surface area (Å²) in [6, 6.07) is 1.62. The van der Waals surface area contributed by atoms with E-state index in [1.54, 1.807) is 19.9 Å². The van der Waals surface area contributed by atoms with Crippen molar-refractivity contribution in [3.05, 3.63) is 11.8 Å². The highest BCUT2D eigenvalue weighted by Crippen LogP contribution is 2.19. The van der Waals surface area contributed by atoms with Crippen molar-refractivity contribution in [2.45, 2.75) is 26.4 Å². The van der Waals surface area contributed by atoms with Crippen molar-refractivity contribution >= 4 is 5.95 Å². The Balaban J connectivity index is 2.58. The van der Waals surface area contributed by atoms with Gasteiger partial charge < -0.3 is 10.1 Å². The SMILES string of the molecule is CCOc1cc(C)nc(NCCC(F)(F)F)n1. The number of nitrogens with zero attached hydrogens (tertiary/aromatic N) is 2. The normalized spacial score (nSPS) is 11.4. The molecular weight excluding hydrogens is 235 g/mol. The zero-order valence-electron chi connectivity index (χ0n) is 9.64. The van der Waals surface area contributed by atoms with E-state index in [1.165, 1.54) is 0 Å². The van der Waals surface area contributed by atoms with Gasteiger partial charge in [0.05, 0.1) is 13.0 Å². The van der Waals surface area contributed by atoms with Gasteiger partial charge in [0, 0.05) is 18.3 Å². The highest BCUT2D eigenvalue weighted by atomic mass is 19.4. The van der Waals surface area contributed by atoms with Gasteiger partial charge in [0.25, 0.3) is 0 Å². The maximum Gasteiger partial charge on any atom is 0.390 e. The molecule has 0 saturated heterocycles. The van der Waals surface area contributed by atoms with Gasteiger partial charge in [-0.05, 0) is 13.8 Å². The maximum absolute atomic E-state index is 11.9. The van der Waals surface area contributed by atoms with Crippen molar-refractivity contribution < 1.29 is 17.9 Å². The van der Waals surface area contributed by atoms with Crippen LogP contribution in [0.3, 0.4) is 0 Å². The van der Waals surface area contributed by atoms with E-state index in [0.717, 1.165) is 0 Å². The molecule has 0 fully saturated rings. The number of aromatic nitrogens is 2. The molecule has 17 heavy (non-hydrogen) atoms. The van der Waals surface area contributed by atoms with Gasteiger partial charge in [-0.2, -0.15) is 18.2 Å². The molecular formula is C10H14F3N3O. The Morgan fingerprint density at radius 1 is 1.35 bits per heavy atom. The zero-order valence-corrected chi connectivity index (χ0v) is 9.64. The molecule has 0 aromatic carbocycles. The Morgan fingerprint density at radius 3 is 2.65 bits per heavy atom. The summed E-state index contributed by atoms with van der Waals surface area (Å²) in [6.45, 7) is 3.71. The first-order chi connectivity index (χ1) is 7.90. The van der Waals surface area contributed by atoms with E-state index in [1.807, 2.05) is 0 Å². The van der Waals surface area contributed by atoms with Gasteiger partial charge in [-0.1, -0.05) is 0 Å². The molecule has 1 rings (SSSR count). The first-order valence-electron chi connectivity index (χ1n) is 5.20. The molecule has 0 aliphatic heterocycles. The second-order valence-electron chi connectivity index (χ2n) is 3.40. The molecule has 1 N–H and O–H groups in total. The van der Waals surface area contributed by atoms with E-state index in [4.69, 9.17) is 4.74 Å². The fourth-order valence-corrected chi connectivity index (χ4v) is 1.16. The first kappa shape index (κ1) is 13.5. The van der Waals surface area contributed by atoms with Crippen molar-refractivity contribution in [3.63, 3.8) is 0 Å². The third-order valence-electron chi connectivity index (χ3n) is 1.81. The molecule has 1 aromatic rings. The molecule has 1 heterocycles. The third kappa shape index (κ3) is 5.37. The monoisotopic (exact) mass is 249 g/mol. The summed E-state index contributed by atoms with van der Waals surface area (Å²) in [5.41, 5.74) is 0.637. The van der Waals surface area contributed by atoms with E-state index < -0.39 is 12.6 Å². The van der Waals surface area contributed by atoms with E-state index in [2.05, 4.69) is 15.3 Å². The molecule has 0 amide bonds. The lowest BCUT2D eigenvalue weighted by Gasteiger charge is -2.09. The second kappa shape index (κ2) is 5.70. The molecule has 0 aliphatic rings. The summed E-state index contributed by atoms with van der Waals surface area (Å²) in [5.74, 6) is 0.507. The van der Waals surface area contributed by atoms with Crippen LogP contribution in [0.4, 0.5) is 19.1 Å². The van der Waals surface area contributed by atoms with Gasteiger partial charge in [0.1, 0.15) is 0 Å².